The molecule has 0 radical (unpaired) electrons. The number of hydrogen-bond acceptors (Lipinski definition) is 6. The molecule has 0 aliphatic rings. The van der Waals surface area contributed by atoms with E-state index in [1.165, 1.54) is 77.0 Å². The predicted octanol–water partition coefficient (Wildman–Crippen LogP) is 19.1. The quantitative estimate of drug-likeness (QED) is 0.0262. The summed E-state index contributed by atoms with van der Waals surface area (Å²) in [5.74, 6) is -0.933. The molecule has 6 nitrogen and oxygen atoms in total. The average molecular weight is 958 g/mol. The largest absolute Gasteiger partial charge is 0.462 e. The Hall–Kier alpha value is -3.93. The van der Waals surface area contributed by atoms with Gasteiger partial charge in [-0.1, -0.05) is 226 Å². The van der Waals surface area contributed by atoms with Crippen molar-refractivity contribution in [1.29, 1.82) is 0 Å². The van der Waals surface area contributed by atoms with Crippen LogP contribution in [0.2, 0.25) is 0 Å². The first-order chi connectivity index (χ1) is 34.0. The molecule has 0 fully saturated rings. The fraction of sp³-hybridized carbons (Fsp3) is 0.667. The molecule has 0 aromatic rings. The smallest absolute Gasteiger partial charge is 0.306 e. The zero-order valence-corrected chi connectivity index (χ0v) is 44.8. The molecule has 1 atom stereocenters. The Labute approximate surface area is 425 Å². The molecule has 0 heterocycles. The molecule has 0 aromatic carbocycles. The highest BCUT2D eigenvalue weighted by atomic mass is 16.6. The van der Waals surface area contributed by atoms with Crippen molar-refractivity contribution in [3.8, 4) is 0 Å². The highest BCUT2D eigenvalue weighted by Gasteiger charge is 2.19. The number of unbranched alkanes of at least 4 members (excludes halogenated alkanes) is 21. The number of rotatable bonds is 50. The second-order valence-corrected chi connectivity index (χ2v) is 18.4. The molecule has 0 amide bonds. The van der Waals surface area contributed by atoms with E-state index in [1.54, 1.807) is 0 Å². The summed E-state index contributed by atoms with van der Waals surface area (Å²) in [7, 11) is 0. The molecule has 1 unspecified atom stereocenters. The van der Waals surface area contributed by atoms with Crippen LogP contribution < -0.4 is 0 Å². The molecule has 0 aliphatic carbocycles. The van der Waals surface area contributed by atoms with Crippen LogP contribution >= 0.6 is 0 Å². The fourth-order valence-corrected chi connectivity index (χ4v) is 7.52. The summed E-state index contributed by atoms with van der Waals surface area (Å²) < 4.78 is 16.8. The molecule has 0 N–H and O–H groups in total. The van der Waals surface area contributed by atoms with Crippen LogP contribution in [-0.2, 0) is 28.6 Å². The molecule has 0 aliphatic heterocycles. The highest BCUT2D eigenvalue weighted by molar-refractivity contribution is 5.71. The maximum Gasteiger partial charge on any atom is 0.306 e. The number of esters is 3. The normalized spacial score (nSPS) is 12.9. The van der Waals surface area contributed by atoms with Crippen molar-refractivity contribution in [1.82, 2.24) is 0 Å². The molecule has 6 heteroatoms. The van der Waals surface area contributed by atoms with Crippen LogP contribution in [-0.4, -0.2) is 37.2 Å². The van der Waals surface area contributed by atoms with E-state index in [4.69, 9.17) is 14.2 Å². The lowest BCUT2D eigenvalue weighted by Crippen LogP contribution is -2.30. The van der Waals surface area contributed by atoms with Crippen LogP contribution in [0.3, 0.4) is 0 Å². The summed E-state index contributed by atoms with van der Waals surface area (Å²) in [4.78, 5) is 38.1. The Morgan fingerprint density at radius 2 is 0.565 bits per heavy atom. The number of allylic oxidation sites excluding steroid dienone is 18. The SMILES string of the molecule is CC/C=C\C/C=C\C/C=C\C/C=C\CCCCCCCCCCCCC(=O)OCC(COC(=O)CCCCCCC/C=C\CCCC)OC(=O)CCCCCC/C=C\C/C=C\C/C=C\C/C=C\CC. The second kappa shape index (κ2) is 56.7. The minimum Gasteiger partial charge on any atom is -0.462 e. The Balaban J connectivity index is 4.36. The molecular formula is C63H104O6. The van der Waals surface area contributed by atoms with Gasteiger partial charge in [0.2, 0.25) is 0 Å². The van der Waals surface area contributed by atoms with Crippen molar-refractivity contribution in [2.45, 2.75) is 258 Å². The monoisotopic (exact) mass is 957 g/mol. The van der Waals surface area contributed by atoms with Crippen molar-refractivity contribution in [3.63, 3.8) is 0 Å². The third-order valence-corrected chi connectivity index (χ3v) is 11.7. The molecule has 0 saturated carbocycles. The van der Waals surface area contributed by atoms with E-state index in [9.17, 15) is 14.4 Å². The van der Waals surface area contributed by atoms with Crippen LogP contribution in [0.1, 0.15) is 252 Å². The van der Waals surface area contributed by atoms with Gasteiger partial charge in [0.05, 0.1) is 0 Å². The van der Waals surface area contributed by atoms with Gasteiger partial charge >= 0.3 is 17.9 Å². The lowest BCUT2D eigenvalue weighted by atomic mass is 10.1. The number of ether oxygens (including phenoxy) is 3. The molecule has 0 rings (SSSR count). The molecule has 392 valence electrons. The van der Waals surface area contributed by atoms with Crippen LogP contribution in [0.15, 0.2) is 109 Å². The van der Waals surface area contributed by atoms with Crippen LogP contribution in [0.25, 0.3) is 0 Å². The highest BCUT2D eigenvalue weighted by Crippen LogP contribution is 2.14. The van der Waals surface area contributed by atoms with Crippen molar-refractivity contribution < 1.29 is 28.6 Å². The van der Waals surface area contributed by atoms with Gasteiger partial charge in [-0.2, -0.15) is 0 Å². The van der Waals surface area contributed by atoms with Crippen LogP contribution in [0.4, 0.5) is 0 Å². The third kappa shape index (κ3) is 54.9. The van der Waals surface area contributed by atoms with Crippen LogP contribution in [0, 0.1) is 0 Å². The van der Waals surface area contributed by atoms with E-state index in [2.05, 4.69) is 130 Å². The topological polar surface area (TPSA) is 78.9 Å². The Morgan fingerprint density at radius 3 is 0.899 bits per heavy atom. The molecular weight excluding hydrogens is 853 g/mol. The summed E-state index contributed by atoms with van der Waals surface area (Å²) >= 11 is 0. The minimum atomic E-state index is -0.797. The standard InChI is InChI=1S/C63H104O6/c1-4-7-10-13-16-19-22-24-26-28-29-30-31-32-33-35-36-38-41-44-47-50-53-56-62(65)68-59-60(58-67-61(64)55-52-49-46-43-40-21-18-15-12-9-6-3)69-63(66)57-54-51-48-45-42-39-37-34-27-25-23-20-17-14-11-8-5-2/h7-8,10-11,15-20,24-27,29-30,37,39,60H,4-6,9,12-14,21-23,28,31-36,38,40-59H2,1-3H3/b10-7-,11-8-,18-15-,19-16-,20-17-,26-24-,27-25-,30-29-,39-37-. The molecule has 0 spiro atoms. The van der Waals surface area contributed by atoms with Gasteiger partial charge in [-0.3, -0.25) is 14.4 Å². The first-order valence-corrected chi connectivity index (χ1v) is 28.4. The first-order valence-electron chi connectivity index (χ1n) is 28.4. The lowest BCUT2D eigenvalue weighted by Gasteiger charge is -2.18. The van der Waals surface area contributed by atoms with Gasteiger partial charge in [0, 0.05) is 19.3 Å². The second-order valence-electron chi connectivity index (χ2n) is 18.4. The van der Waals surface area contributed by atoms with E-state index in [-0.39, 0.29) is 31.1 Å². The zero-order valence-electron chi connectivity index (χ0n) is 44.8. The number of carbonyl (C=O) groups is 3. The molecule has 0 bridgehead atoms. The van der Waals surface area contributed by atoms with Gasteiger partial charge in [-0.15, -0.1) is 0 Å². The van der Waals surface area contributed by atoms with Crippen molar-refractivity contribution in [3.05, 3.63) is 109 Å². The average Bonchev–Trinajstić information content (AvgIpc) is 3.35. The molecule has 0 aromatic heterocycles. The van der Waals surface area contributed by atoms with E-state index < -0.39 is 6.10 Å². The Bertz CT molecular complexity index is 1420. The minimum absolute atomic E-state index is 0.0942. The summed E-state index contributed by atoms with van der Waals surface area (Å²) in [6.45, 7) is 6.34. The Morgan fingerprint density at radius 1 is 0.304 bits per heavy atom. The van der Waals surface area contributed by atoms with E-state index in [0.717, 1.165) is 135 Å². The van der Waals surface area contributed by atoms with Crippen molar-refractivity contribution in [2.24, 2.45) is 0 Å². The maximum atomic E-state index is 12.8. The summed E-state index contributed by atoms with van der Waals surface area (Å²) in [6, 6.07) is 0. The molecule has 0 saturated heterocycles. The van der Waals surface area contributed by atoms with Crippen LogP contribution in [0.5, 0.6) is 0 Å². The lowest BCUT2D eigenvalue weighted by molar-refractivity contribution is -0.167. The van der Waals surface area contributed by atoms with Crippen molar-refractivity contribution in [2.75, 3.05) is 13.2 Å². The summed E-state index contributed by atoms with van der Waals surface area (Å²) in [5, 5.41) is 0. The van der Waals surface area contributed by atoms with Gasteiger partial charge in [0.15, 0.2) is 6.10 Å². The van der Waals surface area contributed by atoms with Gasteiger partial charge in [-0.25, -0.2) is 0 Å². The summed E-state index contributed by atoms with van der Waals surface area (Å²) in [5.41, 5.74) is 0. The van der Waals surface area contributed by atoms with Gasteiger partial charge < -0.3 is 14.2 Å². The van der Waals surface area contributed by atoms with Gasteiger partial charge in [0.1, 0.15) is 13.2 Å². The zero-order chi connectivity index (χ0) is 50.0. The first kappa shape index (κ1) is 65.1. The summed E-state index contributed by atoms with van der Waals surface area (Å²) in [6.07, 6.45) is 76.5. The predicted molar refractivity (Wildman–Crippen MR) is 297 cm³/mol. The number of carbonyl (C=O) groups excluding carboxylic acids is 3. The van der Waals surface area contributed by atoms with Crippen molar-refractivity contribution >= 4 is 17.9 Å². The van der Waals surface area contributed by atoms with E-state index in [0.29, 0.717) is 19.3 Å². The fourth-order valence-electron chi connectivity index (χ4n) is 7.52. The van der Waals surface area contributed by atoms with Gasteiger partial charge in [0.25, 0.3) is 0 Å². The van der Waals surface area contributed by atoms with E-state index >= 15 is 0 Å². The van der Waals surface area contributed by atoms with E-state index in [1.807, 2.05) is 0 Å². The maximum absolute atomic E-state index is 12.8. The Kier molecular flexibility index (Phi) is 53.4. The van der Waals surface area contributed by atoms with Gasteiger partial charge in [-0.05, 0) is 116 Å². The number of hydrogen-bond donors (Lipinski definition) is 0. The molecule has 69 heavy (non-hydrogen) atoms. The third-order valence-electron chi connectivity index (χ3n) is 11.7.